The van der Waals surface area contributed by atoms with E-state index < -0.39 is 0 Å². The molecule has 1 saturated heterocycles. The number of fused-ring (bicyclic) bond motifs is 1. The van der Waals surface area contributed by atoms with E-state index in [4.69, 9.17) is 0 Å². The van der Waals surface area contributed by atoms with Gasteiger partial charge in [0.25, 0.3) is 11.8 Å². The zero-order valence-electron chi connectivity index (χ0n) is 11.8. The molecule has 6 nitrogen and oxygen atoms in total. The summed E-state index contributed by atoms with van der Waals surface area (Å²) in [4.78, 5) is 39.6. The van der Waals surface area contributed by atoms with Gasteiger partial charge in [-0.3, -0.25) is 14.5 Å². The van der Waals surface area contributed by atoms with Gasteiger partial charge in [0.2, 0.25) is 0 Å². The first-order valence-corrected chi connectivity index (χ1v) is 7.07. The molecule has 1 N–H and O–H groups in total. The molecule has 1 aromatic carbocycles. The number of urea groups is 1. The van der Waals surface area contributed by atoms with Crippen molar-refractivity contribution in [3.63, 3.8) is 0 Å². The van der Waals surface area contributed by atoms with Crippen molar-refractivity contribution in [3.8, 4) is 0 Å². The van der Waals surface area contributed by atoms with Gasteiger partial charge in [-0.2, -0.15) is 0 Å². The van der Waals surface area contributed by atoms with Gasteiger partial charge in [-0.25, -0.2) is 4.79 Å². The summed E-state index contributed by atoms with van der Waals surface area (Å²) in [6, 6.07) is 6.44. The zero-order chi connectivity index (χ0) is 15.0. The van der Waals surface area contributed by atoms with Crippen molar-refractivity contribution >= 4 is 17.8 Å². The van der Waals surface area contributed by atoms with Crippen molar-refractivity contribution < 1.29 is 14.4 Å². The molecular weight excluding hydrogens is 270 g/mol. The summed E-state index contributed by atoms with van der Waals surface area (Å²) in [5.74, 6) is -0.501. The molecule has 2 aliphatic rings. The molecule has 2 heterocycles. The van der Waals surface area contributed by atoms with Gasteiger partial charge in [-0.15, -0.1) is 0 Å². The minimum absolute atomic E-state index is 0.170. The van der Waals surface area contributed by atoms with Crippen molar-refractivity contribution in [3.05, 3.63) is 35.4 Å². The van der Waals surface area contributed by atoms with Gasteiger partial charge in [-0.1, -0.05) is 12.1 Å². The molecule has 4 amide bonds. The molecular formula is C15H17N3O3. The van der Waals surface area contributed by atoms with Crippen LogP contribution < -0.4 is 5.32 Å². The second kappa shape index (κ2) is 5.20. The fraction of sp³-hybridized carbons (Fsp3) is 0.400. The van der Waals surface area contributed by atoms with Gasteiger partial charge in [0.05, 0.1) is 17.2 Å². The summed E-state index contributed by atoms with van der Waals surface area (Å²) in [6.45, 7) is 1.05. The molecule has 3 rings (SSSR count). The van der Waals surface area contributed by atoms with E-state index >= 15 is 0 Å². The maximum atomic E-state index is 12.4. The number of nitrogens with one attached hydrogen (secondary N) is 1. The van der Waals surface area contributed by atoms with Crippen molar-refractivity contribution in [2.24, 2.45) is 0 Å². The van der Waals surface area contributed by atoms with Crippen LogP contribution in [0, 0.1) is 0 Å². The van der Waals surface area contributed by atoms with Crippen LogP contribution in [0.1, 0.15) is 33.6 Å². The van der Waals surface area contributed by atoms with Crippen LogP contribution >= 0.6 is 0 Å². The largest absolute Gasteiger partial charge is 0.341 e. The second-order valence-electron chi connectivity index (χ2n) is 5.32. The number of nitrogens with zero attached hydrogens (tertiary/aromatic N) is 2. The van der Waals surface area contributed by atoms with Crippen LogP contribution in [0.25, 0.3) is 0 Å². The Labute approximate surface area is 122 Å². The number of hydrogen-bond acceptors (Lipinski definition) is 3. The Morgan fingerprint density at radius 1 is 1.19 bits per heavy atom. The van der Waals surface area contributed by atoms with E-state index in [1.807, 2.05) is 0 Å². The maximum absolute atomic E-state index is 12.4. The molecule has 1 fully saturated rings. The SMILES string of the molecule is CNC(=O)N1CCCC(N2C(=O)c3ccccc3C2=O)C1. The van der Waals surface area contributed by atoms with E-state index in [2.05, 4.69) is 5.32 Å². The summed E-state index contributed by atoms with van der Waals surface area (Å²) in [6.07, 6.45) is 1.52. The highest BCUT2D eigenvalue weighted by molar-refractivity contribution is 6.21. The number of imide groups is 1. The third kappa shape index (κ3) is 2.16. The fourth-order valence-electron chi connectivity index (χ4n) is 3.05. The molecule has 1 unspecified atom stereocenters. The van der Waals surface area contributed by atoms with Crippen LogP contribution in [0.4, 0.5) is 4.79 Å². The number of carbonyl (C=O) groups excluding carboxylic acids is 3. The molecule has 110 valence electrons. The molecule has 0 aromatic heterocycles. The first-order chi connectivity index (χ1) is 10.1. The number of hydrogen-bond donors (Lipinski definition) is 1. The normalized spacial score (nSPS) is 21.5. The average molecular weight is 287 g/mol. The highest BCUT2D eigenvalue weighted by atomic mass is 16.2. The topological polar surface area (TPSA) is 69.7 Å². The van der Waals surface area contributed by atoms with Crippen LogP contribution in [-0.4, -0.2) is 53.8 Å². The van der Waals surface area contributed by atoms with E-state index in [9.17, 15) is 14.4 Å². The lowest BCUT2D eigenvalue weighted by molar-refractivity contribution is 0.0505. The Bertz CT molecular complexity index is 579. The lowest BCUT2D eigenvalue weighted by Crippen LogP contribution is -2.53. The fourth-order valence-corrected chi connectivity index (χ4v) is 3.05. The molecule has 0 aliphatic carbocycles. The number of rotatable bonds is 1. The molecule has 6 heteroatoms. The molecule has 0 radical (unpaired) electrons. The van der Waals surface area contributed by atoms with E-state index in [0.717, 1.165) is 12.8 Å². The summed E-state index contributed by atoms with van der Waals surface area (Å²) < 4.78 is 0. The van der Waals surface area contributed by atoms with Crippen molar-refractivity contribution in [2.75, 3.05) is 20.1 Å². The highest BCUT2D eigenvalue weighted by Gasteiger charge is 2.41. The Kier molecular flexibility index (Phi) is 3.37. The van der Waals surface area contributed by atoms with Gasteiger partial charge in [0.1, 0.15) is 0 Å². The van der Waals surface area contributed by atoms with Gasteiger partial charge < -0.3 is 10.2 Å². The molecule has 0 spiro atoms. The van der Waals surface area contributed by atoms with E-state index in [1.165, 1.54) is 4.90 Å². The number of amides is 4. The van der Waals surface area contributed by atoms with Crippen LogP contribution in [0.5, 0.6) is 0 Å². The number of likely N-dealkylation sites (tertiary alicyclic amines) is 1. The minimum atomic E-state index is -0.251. The Morgan fingerprint density at radius 3 is 2.38 bits per heavy atom. The maximum Gasteiger partial charge on any atom is 0.317 e. The van der Waals surface area contributed by atoms with Gasteiger partial charge in [0, 0.05) is 20.1 Å². The molecule has 1 atom stereocenters. The third-order valence-corrected chi connectivity index (χ3v) is 4.09. The van der Waals surface area contributed by atoms with E-state index in [0.29, 0.717) is 24.2 Å². The number of carbonyl (C=O) groups is 3. The van der Waals surface area contributed by atoms with E-state index in [-0.39, 0.29) is 23.9 Å². The van der Waals surface area contributed by atoms with Crippen LogP contribution in [-0.2, 0) is 0 Å². The summed E-state index contributed by atoms with van der Waals surface area (Å²) in [5, 5.41) is 2.58. The average Bonchev–Trinajstić information content (AvgIpc) is 2.78. The van der Waals surface area contributed by atoms with Gasteiger partial charge in [0.15, 0.2) is 0 Å². The van der Waals surface area contributed by atoms with Gasteiger partial charge >= 0.3 is 6.03 Å². The second-order valence-corrected chi connectivity index (χ2v) is 5.32. The predicted molar refractivity (Wildman–Crippen MR) is 76.0 cm³/mol. The summed E-state index contributed by atoms with van der Waals surface area (Å²) in [7, 11) is 1.58. The third-order valence-electron chi connectivity index (χ3n) is 4.09. The van der Waals surface area contributed by atoms with Crippen LogP contribution in [0.2, 0.25) is 0 Å². The highest BCUT2D eigenvalue weighted by Crippen LogP contribution is 2.27. The predicted octanol–water partition coefficient (Wildman–Crippen LogP) is 1.09. The Morgan fingerprint density at radius 2 is 1.81 bits per heavy atom. The molecule has 2 aliphatic heterocycles. The first kappa shape index (κ1) is 13.6. The summed E-state index contributed by atoms with van der Waals surface area (Å²) in [5.41, 5.74) is 0.916. The number of benzene rings is 1. The lowest BCUT2D eigenvalue weighted by Gasteiger charge is -2.36. The molecule has 21 heavy (non-hydrogen) atoms. The summed E-state index contributed by atoms with van der Waals surface area (Å²) >= 11 is 0. The van der Waals surface area contributed by atoms with Crippen molar-refractivity contribution in [2.45, 2.75) is 18.9 Å². The van der Waals surface area contributed by atoms with Crippen molar-refractivity contribution in [1.29, 1.82) is 0 Å². The monoisotopic (exact) mass is 287 g/mol. The quantitative estimate of drug-likeness (QED) is 0.786. The molecule has 0 saturated carbocycles. The number of piperidine rings is 1. The smallest absolute Gasteiger partial charge is 0.317 e. The van der Waals surface area contributed by atoms with Gasteiger partial charge in [-0.05, 0) is 25.0 Å². The zero-order valence-corrected chi connectivity index (χ0v) is 11.8. The Hall–Kier alpha value is -2.37. The molecule has 0 bridgehead atoms. The first-order valence-electron chi connectivity index (χ1n) is 7.07. The Balaban J connectivity index is 1.84. The lowest BCUT2D eigenvalue weighted by atomic mass is 10.0. The standard InChI is InChI=1S/C15H17N3O3/c1-16-15(21)17-8-4-5-10(9-17)18-13(19)11-6-2-3-7-12(11)14(18)20/h2-3,6-7,10H,4-5,8-9H2,1H3,(H,16,21). The van der Waals surface area contributed by atoms with Crippen LogP contribution in [0.3, 0.4) is 0 Å². The van der Waals surface area contributed by atoms with Crippen molar-refractivity contribution in [1.82, 2.24) is 15.1 Å². The molecule has 1 aromatic rings. The minimum Gasteiger partial charge on any atom is -0.341 e. The van der Waals surface area contributed by atoms with E-state index in [1.54, 1.807) is 36.2 Å². The van der Waals surface area contributed by atoms with Crippen LogP contribution in [0.15, 0.2) is 24.3 Å².